The summed E-state index contributed by atoms with van der Waals surface area (Å²) < 4.78 is 0. The number of carbonyl (C=O) groups is 1. The number of hydrogen-bond donors (Lipinski definition) is 1. The Morgan fingerprint density at radius 2 is 2.10 bits per heavy atom. The van der Waals surface area contributed by atoms with Crippen molar-refractivity contribution >= 4 is 22.9 Å². The van der Waals surface area contributed by atoms with Gasteiger partial charge in [0.1, 0.15) is 0 Å². The molecular weight excluding hydrogens is 268 g/mol. The van der Waals surface area contributed by atoms with E-state index in [-0.39, 0.29) is 5.91 Å². The molecule has 1 aliphatic rings. The first-order chi connectivity index (χ1) is 9.49. The van der Waals surface area contributed by atoms with Crippen LogP contribution in [0.1, 0.15) is 60.5 Å². The summed E-state index contributed by atoms with van der Waals surface area (Å²) in [7, 11) is 0. The Balaban J connectivity index is 2.13. The van der Waals surface area contributed by atoms with E-state index >= 15 is 0 Å². The maximum atomic E-state index is 12.8. The molecule has 1 aromatic heterocycles. The van der Waals surface area contributed by atoms with Gasteiger partial charge in [0, 0.05) is 23.2 Å². The lowest BCUT2D eigenvalue weighted by Gasteiger charge is -2.29. The van der Waals surface area contributed by atoms with Crippen LogP contribution < -0.4 is 5.73 Å². The van der Waals surface area contributed by atoms with Crippen LogP contribution in [0.5, 0.6) is 0 Å². The first kappa shape index (κ1) is 15.4. The average molecular weight is 294 g/mol. The number of thiophene rings is 1. The Bertz CT molecular complexity index is 442. The highest BCUT2D eigenvalue weighted by Gasteiger charge is 2.28. The van der Waals surface area contributed by atoms with E-state index in [0.29, 0.717) is 12.0 Å². The third-order valence-corrected chi connectivity index (χ3v) is 5.19. The van der Waals surface area contributed by atoms with Gasteiger partial charge in [-0.05, 0) is 38.2 Å². The highest BCUT2D eigenvalue weighted by molar-refractivity contribution is 7.14. The number of anilines is 1. The molecule has 0 unspecified atom stereocenters. The van der Waals surface area contributed by atoms with Gasteiger partial charge in [0.15, 0.2) is 0 Å². The molecular formula is C16H26N2OS. The van der Waals surface area contributed by atoms with E-state index in [0.717, 1.165) is 41.2 Å². The molecule has 0 spiro atoms. The minimum atomic E-state index is 0.183. The zero-order chi connectivity index (χ0) is 14.7. The van der Waals surface area contributed by atoms with Crippen LogP contribution in [0.25, 0.3) is 0 Å². The fraction of sp³-hybridized carbons (Fsp3) is 0.688. The minimum absolute atomic E-state index is 0.183. The van der Waals surface area contributed by atoms with Gasteiger partial charge in [0.2, 0.25) is 0 Å². The number of nitrogens with two attached hydrogens (primary N) is 1. The molecule has 0 saturated heterocycles. The summed E-state index contributed by atoms with van der Waals surface area (Å²) in [6.07, 6.45) is 5.89. The van der Waals surface area contributed by atoms with E-state index in [1.54, 1.807) is 0 Å². The fourth-order valence-electron chi connectivity index (χ4n) is 2.81. The van der Waals surface area contributed by atoms with Gasteiger partial charge >= 0.3 is 0 Å². The van der Waals surface area contributed by atoms with Crippen molar-refractivity contribution in [3.8, 4) is 0 Å². The monoisotopic (exact) mass is 294 g/mol. The normalized spacial score (nSPS) is 16.0. The number of carbonyl (C=O) groups excluding carboxylic acids is 1. The van der Waals surface area contributed by atoms with Crippen molar-refractivity contribution < 1.29 is 4.79 Å². The van der Waals surface area contributed by atoms with Crippen LogP contribution >= 0.6 is 11.3 Å². The van der Waals surface area contributed by atoms with Gasteiger partial charge in [-0.15, -0.1) is 11.3 Å². The predicted octanol–water partition coefficient (Wildman–Crippen LogP) is 4.07. The van der Waals surface area contributed by atoms with Gasteiger partial charge in [-0.2, -0.15) is 0 Å². The summed E-state index contributed by atoms with van der Waals surface area (Å²) >= 11 is 1.53. The van der Waals surface area contributed by atoms with Gasteiger partial charge < -0.3 is 10.6 Å². The standard InChI is InChI=1S/C16H26N2OS/c1-11(2)8-9-18(13-6-4-5-7-13)16(19)15-10-14(17)12(3)20-15/h10-11,13H,4-9,17H2,1-3H3. The predicted molar refractivity (Wildman–Crippen MR) is 86.2 cm³/mol. The Morgan fingerprint density at radius 3 is 2.60 bits per heavy atom. The summed E-state index contributed by atoms with van der Waals surface area (Å²) in [5.74, 6) is 0.809. The molecule has 0 atom stereocenters. The summed E-state index contributed by atoms with van der Waals surface area (Å²) in [5, 5.41) is 0. The van der Waals surface area contributed by atoms with Gasteiger partial charge in [-0.3, -0.25) is 4.79 Å². The van der Waals surface area contributed by atoms with Crippen LogP contribution in [0.2, 0.25) is 0 Å². The Labute approximate surface area is 126 Å². The first-order valence-corrected chi connectivity index (χ1v) is 8.47. The molecule has 1 amide bonds. The van der Waals surface area contributed by atoms with Crippen molar-refractivity contribution in [2.45, 2.75) is 58.9 Å². The van der Waals surface area contributed by atoms with Crippen molar-refractivity contribution in [2.24, 2.45) is 5.92 Å². The number of amides is 1. The minimum Gasteiger partial charge on any atom is -0.398 e. The molecule has 1 heterocycles. The summed E-state index contributed by atoms with van der Waals surface area (Å²) in [6.45, 7) is 7.28. The average Bonchev–Trinajstić information content (AvgIpc) is 3.00. The number of aryl methyl sites for hydroxylation is 1. The molecule has 20 heavy (non-hydrogen) atoms. The van der Waals surface area contributed by atoms with Crippen LogP contribution in [0.4, 0.5) is 5.69 Å². The largest absolute Gasteiger partial charge is 0.398 e. The number of nitrogens with zero attached hydrogens (tertiary/aromatic N) is 1. The van der Waals surface area contributed by atoms with E-state index in [2.05, 4.69) is 18.7 Å². The van der Waals surface area contributed by atoms with Crippen molar-refractivity contribution in [2.75, 3.05) is 12.3 Å². The van der Waals surface area contributed by atoms with E-state index in [1.165, 1.54) is 24.2 Å². The third kappa shape index (κ3) is 3.54. The summed E-state index contributed by atoms with van der Waals surface area (Å²) in [5.41, 5.74) is 6.64. The molecule has 1 aromatic rings. The van der Waals surface area contributed by atoms with E-state index in [4.69, 9.17) is 5.73 Å². The first-order valence-electron chi connectivity index (χ1n) is 7.66. The van der Waals surface area contributed by atoms with Crippen LogP contribution in [-0.2, 0) is 0 Å². The quantitative estimate of drug-likeness (QED) is 0.889. The lowest BCUT2D eigenvalue weighted by atomic mass is 10.1. The molecule has 0 bridgehead atoms. The second-order valence-electron chi connectivity index (χ2n) is 6.24. The van der Waals surface area contributed by atoms with E-state index in [1.807, 2.05) is 13.0 Å². The van der Waals surface area contributed by atoms with Gasteiger partial charge in [-0.1, -0.05) is 26.7 Å². The van der Waals surface area contributed by atoms with Crippen LogP contribution in [0, 0.1) is 12.8 Å². The molecule has 0 aliphatic heterocycles. The molecule has 0 radical (unpaired) electrons. The van der Waals surface area contributed by atoms with E-state index in [9.17, 15) is 4.79 Å². The number of nitrogen functional groups attached to an aromatic ring is 1. The molecule has 1 fully saturated rings. The lowest BCUT2D eigenvalue weighted by molar-refractivity contribution is 0.0677. The number of hydrogen-bond acceptors (Lipinski definition) is 3. The summed E-state index contributed by atoms with van der Waals surface area (Å²) in [4.78, 5) is 16.7. The Kier molecular flexibility index (Phi) is 5.08. The highest BCUT2D eigenvalue weighted by atomic mass is 32.1. The van der Waals surface area contributed by atoms with Crippen molar-refractivity contribution in [1.29, 1.82) is 0 Å². The van der Waals surface area contributed by atoms with Gasteiger partial charge in [0.25, 0.3) is 5.91 Å². The zero-order valence-corrected chi connectivity index (χ0v) is 13.6. The molecule has 4 heteroatoms. The zero-order valence-electron chi connectivity index (χ0n) is 12.8. The molecule has 2 N–H and O–H groups in total. The maximum Gasteiger partial charge on any atom is 0.264 e. The molecule has 112 valence electrons. The topological polar surface area (TPSA) is 46.3 Å². The second-order valence-corrected chi connectivity index (χ2v) is 7.50. The fourth-order valence-corrected chi connectivity index (χ4v) is 3.70. The molecule has 1 aliphatic carbocycles. The summed E-state index contributed by atoms with van der Waals surface area (Å²) in [6, 6.07) is 2.28. The smallest absolute Gasteiger partial charge is 0.264 e. The highest BCUT2D eigenvalue weighted by Crippen LogP contribution is 2.29. The molecule has 0 aromatic carbocycles. The molecule has 2 rings (SSSR count). The van der Waals surface area contributed by atoms with Gasteiger partial charge in [0.05, 0.1) is 4.88 Å². The van der Waals surface area contributed by atoms with Crippen molar-refractivity contribution in [3.63, 3.8) is 0 Å². The molecule has 1 saturated carbocycles. The van der Waals surface area contributed by atoms with Crippen LogP contribution in [0.3, 0.4) is 0 Å². The van der Waals surface area contributed by atoms with Crippen LogP contribution in [-0.4, -0.2) is 23.4 Å². The SMILES string of the molecule is Cc1sc(C(=O)N(CCC(C)C)C2CCCC2)cc1N. The van der Waals surface area contributed by atoms with Crippen molar-refractivity contribution in [1.82, 2.24) is 4.90 Å². The van der Waals surface area contributed by atoms with E-state index < -0.39 is 0 Å². The maximum absolute atomic E-state index is 12.8. The molecule has 3 nitrogen and oxygen atoms in total. The Morgan fingerprint density at radius 1 is 1.45 bits per heavy atom. The Hall–Kier alpha value is -1.03. The third-order valence-electron chi connectivity index (χ3n) is 4.14. The number of rotatable bonds is 5. The second kappa shape index (κ2) is 6.61. The lowest BCUT2D eigenvalue weighted by Crippen LogP contribution is -2.39. The van der Waals surface area contributed by atoms with Crippen molar-refractivity contribution in [3.05, 3.63) is 15.8 Å². The van der Waals surface area contributed by atoms with Gasteiger partial charge in [-0.25, -0.2) is 0 Å². The van der Waals surface area contributed by atoms with Crippen LogP contribution in [0.15, 0.2) is 6.07 Å².